The van der Waals surface area contributed by atoms with Crippen molar-refractivity contribution in [1.29, 1.82) is 0 Å². The Bertz CT molecular complexity index is 554. The highest BCUT2D eigenvalue weighted by atomic mass is 79.9. The first-order chi connectivity index (χ1) is 9.60. The molecule has 1 atom stereocenters. The molecule has 4 nitrogen and oxygen atoms in total. The summed E-state index contributed by atoms with van der Waals surface area (Å²) in [7, 11) is 1.54. The van der Waals surface area contributed by atoms with Gasteiger partial charge in [-0.2, -0.15) is 0 Å². The van der Waals surface area contributed by atoms with Crippen molar-refractivity contribution >= 4 is 15.9 Å². The maximum Gasteiger partial charge on any atom is 0.172 e. The third-order valence-electron chi connectivity index (χ3n) is 3.05. The molecule has 0 bridgehead atoms. The van der Waals surface area contributed by atoms with Gasteiger partial charge in [0.15, 0.2) is 11.5 Å². The molecule has 0 saturated carbocycles. The maximum absolute atomic E-state index is 9.77. The summed E-state index contributed by atoms with van der Waals surface area (Å²) in [5.41, 5.74) is 1.04. The van der Waals surface area contributed by atoms with E-state index in [0.717, 1.165) is 17.7 Å². The highest BCUT2D eigenvalue weighted by molar-refractivity contribution is 9.10. The fourth-order valence-electron chi connectivity index (χ4n) is 1.98. The van der Waals surface area contributed by atoms with Crippen LogP contribution < -0.4 is 10.1 Å². The first-order valence-corrected chi connectivity index (χ1v) is 7.20. The third-order valence-corrected chi connectivity index (χ3v) is 3.65. The fraction of sp³-hybridized carbons (Fsp3) is 0.333. The molecule has 20 heavy (non-hydrogen) atoms. The standard InChI is InChI=1S/C15H18BrNO3/c1-10(6-12-4-3-5-20-12)17-9-11-7-13(16)15(18)14(8-11)19-2/h3-5,7-8,10,17-18H,6,9H2,1-2H3. The van der Waals surface area contributed by atoms with E-state index >= 15 is 0 Å². The lowest BCUT2D eigenvalue weighted by atomic mass is 10.1. The van der Waals surface area contributed by atoms with Crippen LogP contribution in [0.25, 0.3) is 0 Å². The Balaban J connectivity index is 1.95. The molecule has 0 aliphatic rings. The van der Waals surface area contributed by atoms with Gasteiger partial charge < -0.3 is 19.6 Å². The van der Waals surface area contributed by atoms with Crippen LogP contribution in [0.1, 0.15) is 18.2 Å². The third kappa shape index (κ3) is 3.77. The first-order valence-electron chi connectivity index (χ1n) is 6.41. The molecule has 1 heterocycles. The highest BCUT2D eigenvalue weighted by Crippen LogP contribution is 2.35. The number of halogens is 1. The van der Waals surface area contributed by atoms with Crippen LogP contribution in [0.15, 0.2) is 39.4 Å². The number of rotatable bonds is 6. The molecule has 0 saturated heterocycles. The van der Waals surface area contributed by atoms with Crippen molar-refractivity contribution in [3.8, 4) is 11.5 Å². The first kappa shape index (κ1) is 14.9. The summed E-state index contributed by atoms with van der Waals surface area (Å²) in [5, 5.41) is 13.2. The Morgan fingerprint density at radius 3 is 2.90 bits per heavy atom. The van der Waals surface area contributed by atoms with Crippen LogP contribution in [0.2, 0.25) is 0 Å². The second-order valence-electron chi connectivity index (χ2n) is 4.69. The number of phenolic OH excluding ortho intramolecular Hbond substituents is 1. The van der Waals surface area contributed by atoms with Crippen LogP contribution in [0.3, 0.4) is 0 Å². The van der Waals surface area contributed by atoms with Crippen LogP contribution >= 0.6 is 15.9 Å². The molecule has 1 unspecified atom stereocenters. The Hall–Kier alpha value is -1.46. The number of hydrogen-bond acceptors (Lipinski definition) is 4. The van der Waals surface area contributed by atoms with Crippen LogP contribution in [-0.2, 0) is 13.0 Å². The second kappa shape index (κ2) is 6.81. The number of aromatic hydroxyl groups is 1. The number of methoxy groups -OCH3 is 1. The van der Waals surface area contributed by atoms with Crippen molar-refractivity contribution < 1.29 is 14.3 Å². The predicted octanol–water partition coefficient (Wildman–Crippen LogP) is 3.48. The molecule has 0 radical (unpaired) electrons. The fourth-order valence-corrected chi connectivity index (χ4v) is 2.47. The van der Waals surface area contributed by atoms with E-state index in [1.54, 1.807) is 6.26 Å². The minimum Gasteiger partial charge on any atom is -0.503 e. The van der Waals surface area contributed by atoms with Gasteiger partial charge in [0.2, 0.25) is 0 Å². The molecule has 2 aromatic rings. The van der Waals surface area contributed by atoms with E-state index in [4.69, 9.17) is 9.15 Å². The molecule has 1 aromatic carbocycles. The second-order valence-corrected chi connectivity index (χ2v) is 5.55. The SMILES string of the molecule is COc1cc(CNC(C)Cc2ccco2)cc(Br)c1O. The summed E-state index contributed by atoms with van der Waals surface area (Å²) in [6.07, 6.45) is 2.52. The van der Waals surface area contributed by atoms with Crippen molar-refractivity contribution in [2.24, 2.45) is 0 Å². The van der Waals surface area contributed by atoms with E-state index in [2.05, 4.69) is 28.2 Å². The molecule has 0 aliphatic heterocycles. The Kier molecular flexibility index (Phi) is 5.09. The van der Waals surface area contributed by atoms with E-state index in [1.807, 2.05) is 24.3 Å². The van der Waals surface area contributed by atoms with E-state index < -0.39 is 0 Å². The van der Waals surface area contributed by atoms with Crippen LogP contribution in [0, 0.1) is 0 Å². The summed E-state index contributed by atoms with van der Waals surface area (Å²) in [5.74, 6) is 1.56. The lowest BCUT2D eigenvalue weighted by Crippen LogP contribution is -2.27. The predicted molar refractivity (Wildman–Crippen MR) is 81.1 cm³/mol. The number of benzene rings is 1. The summed E-state index contributed by atoms with van der Waals surface area (Å²) in [6.45, 7) is 2.80. The summed E-state index contributed by atoms with van der Waals surface area (Å²) >= 11 is 3.32. The molecule has 108 valence electrons. The van der Waals surface area contributed by atoms with Gasteiger partial charge in [-0.15, -0.1) is 0 Å². The minimum atomic E-state index is 0.125. The van der Waals surface area contributed by atoms with E-state index in [0.29, 0.717) is 22.8 Å². The van der Waals surface area contributed by atoms with Crippen LogP contribution in [0.4, 0.5) is 0 Å². The number of phenols is 1. The Morgan fingerprint density at radius 1 is 1.45 bits per heavy atom. The van der Waals surface area contributed by atoms with Gasteiger partial charge in [-0.1, -0.05) is 0 Å². The van der Waals surface area contributed by atoms with Crippen molar-refractivity contribution in [2.75, 3.05) is 7.11 Å². The van der Waals surface area contributed by atoms with Crippen molar-refractivity contribution in [3.05, 3.63) is 46.3 Å². The smallest absolute Gasteiger partial charge is 0.172 e. The van der Waals surface area contributed by atoms with Gasteiger partial charge in [-0.05, 0) is 52.7 Å². The number of hydrogen-bond donors (Lipinski definition) is 2. The van der Waals surface area contributed by atoms with Gasteiger partial charge in [0, 0.05) is 19.0 Å². The van der Waals surface area contributed by atoms with Gasteiger partial charge in [-0.25, -0.2) is 0 Å². The van der Waals surface area contributed by atoms with Gasteiger partial charge >= 0.3 is 0 Å². The van der Waals surface area contributed by atoms with E-state index in [1.165, 1.54) is 7.11 Å². The largest absolute Gasteiger partial charge is 0.503 e. The minimum absolute atomic E-state index is 0.125. The van der Waals surface area contributed by atoms with E-state index in [9.17, 15) is 5.11 Å². The highest BCUT2D eigenvalue weighted by Gasteiger charge is 2.10. The van der Waals surface area contributed by atoms with Crippen molar-refractivity contribution in [3.63, 3.8) is 0 Å². The average Bonchev–Trinajstić information content (AvgIpc) is 2.92. The number of ether oxygens (including phenoxy) is 1. The normalized spacial score (nSPS) is 12.3. The monoisotopic (exact) mass is 339 g/mol. The molecular weight excluding hydrogens is 322 g/mol. The van der Waals surface area contributed by atoms with Gasteiger partial charge in [0.1, 0.15) is 5.76 Å². The zero-order valence-corrected chi connectivity index (χ0v) is 13.1. The quantitative estimate of drug-likeness (QED) is 0.845. The lowest BCUT2D eigenvalue weighted by Gasteiger charge is -2.14. The van der Waals surface area contributed by atoms with Crippen molar-refractivity contribution in [2.45, 2.75) is 25.9 Å². The summed E-state index contributed by atoms with van der Waals surface area (Å²) in [6, 6.07) is 7.86. The average molecular weight is 340 g/mol. The summed E-state index contributed by atoms with van der Waals surface area (Å²) < 4.78 is 11.1. The van der Waals surface area contributed by atoms with Gasteiger partial charge in [0.25, 0.3) is 0 Å². The molecule has 0 spiro atoms. The molecule has 5 heteroatoms. The summed E-state index contributed by atoms with van der Waals surface area (Å²) in [4.78, 5) is 0. The van der Waals surface area contributed by atoms with Crippen LogP contribution in [-0.4, -0.2) is 18.3 Å². The van der Waals surface area contributed by atoms with E-state index in [-0.39, 0.29) is 5.75 Å². The molecule has 0 fully saturated rings. The molecule has 0 aliphatic carbocycles. The number of furan rings is 1. The molecule has 0 amide bonds. The lowest BCUT2D eigenvalue weighted by molar-refractivity contribution is 0.371. The van der Waals surface area contributed by atoms with Crippen molar-refractivity contribution in [1.82, 2.24) is 5.32 Å². The zero-order chi connectivity index (χ0) is 14.5. The molecule has 2 rings (SSSR count). The molecule has 1 aromatic heterocycles. The van der Waals surface area contributed by atoms with Gasteiger partial charge in [0.05, 0.1) is 17.8 Å². The maximum atomic E-state index is 9.77. The Labute approximate surface area is 126 Å². The van der Waals surface area contributed by atoms with Crippen LogP contribution in [0.5, 0.6) is 11.5 Å². The number of nitrogens with one attached hydrogen (secondary N) is 1. The van der Waals surface area contributed by atoms with Gasteiger partial charge in [-0.3, -0.25) is 0 Å². The topological polar surface area (TPSA) is 54.6 Å². The Morgan fingerprint density at radius 2 is 2.25 bits per heavy atom. The molecule has 2 N–H and O–H groups in total. The zero-order valence-electron chi connectivity index (χ0n) is 11.5. The molecular formula is C15H18BrNO3.